The molecule has 5 nitrogen and oxygen atoms in total. The Labute approximate surface area is 144 Å². The number of benzene rings is 1. The fourth-order valence-electron chi connectivity index (χ4n) is 2.91. The first kappa shape index (κ1) is 16.2. The third-order valence-electron chi connectivity index (χ3n) is 4.15. The highest BCUT2D eigenvalue weighted by Gasteiger charge is 2.19. The van der Waals surface area contributed by atoms with Crippen molar-refractivity contribution in [3.05, 3.63) is 55.9 Å². The van der Waals surface area contributed by atoms with Crippen LogP contribution >= 0.6 is 15.9 Å². The van der Waals surface area contributed by atoms with Crippen molar-refractivity contribution in [2.75, 3.05) is 32.1 Å². The Hall–Kier alpha value is -1.66. The first-order valence-electron chi connectivity index (χ1n) is 7.79. The van der Waals surface area contributed by atoms with Gasteiger partial charge in [-0.1, -0.05) is 28.1 Å². The smallest absolute Gasteiger partial charge is 0.255 e. The summed E-state index contributed by atoms with van der Waals surface area (Å²) in [7, 11) is 3.78. The second kappa shape index (κ2) is 6.84. The zero-order chi connectivity index (χ0) is 16.4. The van der Waals surface area contributed by atoms with Crippen molar-refractivity contribution >= 4 is 21.9 Å². The van der Waals surface area contributed by atoms with Gasteiger partial charge >= 0.3 is 0 Å². The number of fused-ring (bicyclic) bond motifs is 1. The molecule has 0 aliphatic carbocycles. The van der Waals surface area contributed by atoms with Gasteiger partial charge in [0.1, 0.15) is 0 Å². The lowest BCUT2D eigenvalue weighted by Crippen LogP contribution is -2.26. The minimum absolute atomic E-state index is 0.00278. The molecule has 3 rings (SSSR count). The summed E-state index contributed by atoms with van der Waals surface area (Å²) in [5.41, 5.74) is 3.06. The van der Waals surface area contributed by atoms with Gasteiger partial charge in [0.25, 0.3) is 5.56 Å². The van der Waals surface area contributed by atoms with Crippen molar-refractivity contribution < 1.29 is 0 Å². The lowest BCUT2D eigenvalue weighted by Gasteiger charge is -2.19. The summed E-state index contributed by atoms with van der Waals surface area (Å²) in [5.74, 6) is 0.634. The lowest BCUT2D eigenvalue weighted by atomic mass is 10.1. The number of anilines is 1. The average Bonchev–Trinajstić information content (AvgIpc) is 2.70. The zero-order valence-corrected chi connectivity index (χ0v) is 15.1. The third-order valence-corrected chi connectivity index (χ3v) is 4.64. The van der Waals surface area contributed by atoms with E-state index in [9.17, 15) is 4.79 Å². The molecule has 0 bridgehead atoms. The highest BCUT2D eigenvalue weighted by Crippen LogP contribution is 2.17. The lowest BCUT2D eigenvalue weighted by molar-refractivity contribution is 0.279. The Morgan fingerprint density at radius 3 is 2.83 bits per heavy atom. The van der Waals surface area contributed by atoms with Crippen LogP contribution in [0.5, 0.6) is 0 Å². The molecule has 0 saturated carbocycles. The number of hydrogen-bond acceptors (Lipinski definition) is 4. The van der Waals surface area contributed by atoms with Crippen LogP contribution in [0.3, 0.4) is 0 Å². The van der Waals surface area contributed by atoms with Crippen LogP contribution in [0.4, 0.5) is 5.95 Å². The Balaban J connectivity index is 1.77. The molecule has 1 aliphatic heterocycles. The molecular weight excluding hydrogens is 356 g/mol. The molecule has 1 aliphatic rings. The molecule has 122 valence electrons. The topological polar surface area (TPSA) is 52.2 Å². The minimum Gasteiger partial charge on any atom is -0.348 e. The summed E-state index contributed by atoms with van der Waals surface area (Å²) >= 11 is 3.52. The molecule has 1 N–H and O–H groups in total. The number of halogens is 1. The summed E-state index contributed by atoms with van der Waals surface area (Å²) in [6.45, 7) is 2.69. The molecule has 2 heterocycles. The number of aromatic nitrogens is 2. The van der Waals surface area contributed by atoms with Gasteiger partial charge in [-0.15, -0.1) is 0 Å². The maximum atomic E-state index is 12.3. The van der Waals surface area contributed by atoms with Gasteiger partial charge in [0.2, 0.25) is 5.95 Å². The van der Waals surface area contributed by atoms with E-state index >= 15 is 0 Å². The predicted molar refractivity (Wildman–Crippen MR) is 96.0 cm³/mol. The van der Waals surface area contributed by atoms with Crippen LogP contribution in [0.1, 0.15) is 16.8 Å². The van der Waals surface area contributed by atoms with Gasteiger partial charge in [0.05, 0.1) is 5.69 Å². The van der Waals surface area contributed by atoms with Crippen LogP contribution in [0, 0.1) is 0 Å². The summed E-state index contributed by atoms with van der Waals surface area (Å²) in [4.78, 5) is 24.0. The Kier molecular flexibility index (Phi) is 4.82. The van der Waals surface area contributed by atoms with Gasteiger partial charge in [-0.05, 0) is 24.1 Å². The van der Waals surface area contributed by atoms with Crippen LogP contribution < -0.4 is 10.5 Å². The Morgan fingerprint density at radius 1 is 1.30 bits per heavy atom. The fourth-order valence-corrected chi connectivity index (χ4v) is 3.35. The summed E-state index contributed by atoms with van der Waals surface area (Å²) in [6, 6.07) is 8.38. The van der Waals surface area contributed by atoms with Gasteiger partial charge in [0, 0.05) is 50.2 Å². The highest BCUT2D eigenvalue weighted by molar-refractivity contribution is 9.10. The average molecular weight is 377 g/mol. The van der Waals surface area contributed by atoms with E-state index in [0.29, 0.717) is 5.95 Å². The zero-order valence-electron chi connectivity index (χ0n) is 13.5. The number of hydrogen-bond donors (Lipinski definition) is 1. The van der Waals surface area contributed by atoms with E-state index in [2.05, 4.69) is 49.0 Å². The standard InChI is InChI=1S/C17H21BrN4O/c1-21(2)17-19-15-7-9-22(8-6-14(15)16(23)20-17)11-12-4-3-5-13(18)10-12/h3-5,10H,6-9,11H2,1-2H3,(H,19,20,23). The van der Waals surface area contributed by atoms with Gasteiger partial charge in [-0.2, -0.15) is 0 Å². The maximum Gasteiger partial charge on any atom is 0.255 e. The first-order valence-corrected chi connectivity index (χ1v) is 8.58. The van der Waals surface area contributed by atoms with Crippen molar-refractivity contribution in [1.29, 1.82) is 0 Å². The number of rotatable bonds is 3. The van der Waals surface area contributed by atoms with Gasteiger partial charge < -0.3 is 4.90 Å². The normalized spacial score (nSPS) is 15.1. The SMILES string of the molecule is CN(C)c1nc2c(c(=O)[nH]1)CCN(Cc1cccc(Br)c1)CC2. The summed E-state index contributed by atoms with van der Waals surface area (Å²) in [6.07, 6.45) is 1.56. The molecule has 1 aromatic heterocycles. The summed E-state index contributed by atoms with van der Waals surface area (Å²) < 4.78 is 1.10. The summed E-state index contributed by atoms with van der Waals surface area (Å²) in [5, 5.41) is 0. The van der Waals surface area contributed by atoms with E-state index < -0.39 is 0 Å². The maximum absolute atomic E-state index is 12.3. The molecule has 2 aromatic rings. The van der Waals surface area contributed by atoms with E-state index in [4.69, 9.17) is 0 Å². The van der Waals surface area contributed by atoms with Gasteiger partial charge in [-0.25, -0.2) is 4.98 Å². The van der Waals surface area contributed by atoms with Crippen LogP contribution in [-0.2, 0) is 19.4 Å². The van der Waals surface area contributed by atoms with Crippen LogP contribution in [-0.4, -0.2) is 42.1 Å². The van der Waals surface area contributed by atoms with Crippen molar-refractivity contribution in [1.82, 2.24) is 14.9 Å². The molecule has 0 saturated heterocycles. The van der Waals surface area contributed by atoms with E-state index in [1.807, 2.05) is 25.1 Å². The van der Waals surface area contributed by atoms with Crippen LogP contribution in [0.15, 0.2) is 33.5 Å². The predicted octanol–water partition coefficient (Wildman–Crippen LogP) is 2.20. The molecule has 0 unspecified atom stereocenters. The first-order chi connectivity index (χ1) is 11.0. The highest BCUT2D eigenvalue weighted by atomic mass is 79.9. The number of nitrogens with one attached hydrogen (secondary N) is 1. The molecule has 0 amide bonds. The van der Waals surface area contributed by atoms with Crippen LogP contribution in [0.2, 0.25) is 0 Å². The van der Waals surface area contributed by atoms with Crippen LogP contribution in [0.25, 0.3) is 0 Å². The Morgan fingerprint density at radius 2 is 2.09 bits per heavy atom. The van der Waals surface area contributed by atoms with Crippen molar-refractivity contribution in [3.63, 3.8) is 0 Å². The van der Waals surface area contributed by atoms with Gasteiger partial charge in [-0.3, -0.25) is 14.7 Å². The number of aromatic amines is 1. The van der Waals surface area contributed by atoms with Crippen molar-refractivity contribution in [2.24, 2.45) is 0 Å². The van der Waals surface area contributed by atoms with Crippen molar-refractivity contribution in [3.8, 4) is 0 Å². The third kappa shape index (κ3) is 3.82. The fraction of sp³-hybridized carbons (Fsp3) is 0.412. The quantitative estimate of drug-likeness (QED) is 0.891. The van der Waals surface area contributed by atoms with E-state index in [1.54, 1.807) is 0 Å². The molecular formula is C17H21BrN4O. The van der Waals surface area contributed by atoms with E-state index in [-0.39, 0.29) is 5.56 Å². The van der Waals surface area contributed by atoms with Crippen molar-refractivity contribution in [2.45, 2.75) is 19.4 Å². The second-order valence-electron chi connectivity index (χ2n) is 6.12. The van der Waals surface area contributed by atoms with E-state index in [1.165, 1.54) is 5.56 Å². The van der Waals surface area contributed by atoms with Gasteiger partial charge in [0.15, 0.2) is 0 Å². The minimum atomic E-state index is 0.00278. The molecule has 6 heteroatoms. The molecule has 0 atom stereocenters. The second-order valence-corrected chi connectivity index (χ2v) is 7.03. The molecule has 0 spiro atoms. The molecule has 23 heavy (non-hydrogen) atoms. The number of H-pyrrole nitrogens is 1. The molecule has 0 fully saturated rings. The Bertz CT molecular complexity index is 756. The number of nitrogens with zero attached hydrogens (tertiary/aromatic N) is 3. The molecule has 1 aromatic carbocycles. The monoisotopic (exact) mass is 376 g/mol. The molecule has 0 radical (unpaired) electrons. The van der Waals surface area contributed by atoms with E-state index in [0.717, 1.165) is 48.2 Å². The largest absolute Gasteiger partial charge is 0.348 e.